The first-order valence-corrected chi connectivity index (χ1v) is 7.53. The summed E-state index contributed by atoms with van der Waals surface area (Å²) in [7, 11) is 2.07. The number of guanidine groups is 1. The van der Waals surface area contributed by atoms with Crippen LogP contribution in [0.25, 0.3) is 0 Å². The summed E-state index contributed by atoms with van der Waals surface area (Å²) in [6, 6.07) is 16.9. The van der Waals surface area contributed by atoms with Gasteiger partial charge in [-0.25, -0.2) is 0 Å². The average molecular weight is 298 g/mol. The number of hydrogen-bond donors (Lipinski definition) is 0. The van der Waals surface area contributed by atoms with Crippen LogP contribution in [0, 0.1) is 0 Å². The summed E-state index contributed by atoms with van der Waals surface area (Å²) >= 11 is 6.25. The van der Waals surface area contributed by atoms with E-state index in [1.54, 1.807) is 0 Å². The van der Waals surface area contributed by atoms with Crippen LogP contribution < -0.4 is 4.90 Å². The number of hydrogen-bond acceptors (Lipinski definition) is 3. The third-order valence-electron chi connectivity index (χ3n) is 4.22. The van der Waals surface area contributed by atoms with E-state index in [9.17, 15) is 0 Å². The van der Waals surface area contributed by atoms with Crippen LogP contribution in [0.4, 0.5) is 5.69 Å². The number of nitrogens with zero attached hydrogens (tertiary/aromatic N) is 3. The maximum atomic E-state index is 6.25. The minimum Gasteiger partial charge on any atom is -0.329 e. The molecule has 106 valence electrons. The molecule has 0 aliphatic carbocycles. The van der Waals surface area contributed by atoms with Crippen LogP contribution in [0.1, 0.15) is 17.2 Å². The highest BCUT2D eigenvalue weighted by molar-refractivity contribution is 6.30. The van der Waals surface area contributed by atoms with E-state index in [4.69, 9.17) is 11.6 Å². The molecule has 2 heterocycles. The fraction of sp³-hybridized carbons (Fsp3) is 0.235. The minimum atomic E-state index is 0.192. The fourth-order valence-corrected chi connectivity index (χ4v) is 3.49. The molecule has 0 saturated carbocycles. The molecule has 0 fully saturated rings. The number of rotatable bonds is 1. The molecule has 2 aromatic carbocycles. The molecule has 0 amide bonds. The van der Waals surface area contributed by atoms with Crippen LogP contribution in [0.2, 0.25) is 5.02 Å². The summed E-state index contributed by atoms with van der Waals surface area (Å²) in [6.45, 7) is 1.80. The quantitative estimate of drug-likeness (QED) is 0.801. The van der Waals surface area contributed by atoms with Crippen molar-refractivity contribution in [3.63, 3.8) is 0 Å². The Morgan fingerprint density at radius 2 is 1.95 bits per heavy atom. The highest BCUT2D eigenvalue weighted by Gasteiger charge is 2.37. The van der Waals surface area contributed by atoms with E-state index < -0.39 is 0 Å². The van der Waals surface area contributed by atoms with Gasteiger partial charge in [-0.3, -0.25) is 4.99 Å². The van der Waals surface area contributed by atoms with Crippen molar-refractivity contribution in [1.29, 1.82) is 0 Å². The van der Waals surface area contributed by atoms with Gasteiger partial charge in [-0.2, -0.15) is 0 Å². The first-order chi connectivity index (χ1) is 10.3. The van der Waals surface area contributed by atoms with Crippen molar-refractivity contribution in [2.24, 2.45) is 4.99 Å². The van der Waals surface area contributed by atoms with Crippen molar-refractivity contribution in [2.45, 2.75) is 6.04 Å². The number of anilines is 1. The maximum absolute atomic E-state index is 6.25. The second-order valence-corrected chi connectivity index (χ2v) is 5.89. The van der Waals surface area contributed by atoms with Gasteiger partial charge in [-0.15, -0.1) is 0 Å². The number of fused-ring (bicyclic) bond motifs is 2. The lowest BCUT2D eigenvalue weighted by atomic mass is 9.93. The van der Waals surface area contributed by atoms with Crippen molar-refractivity contribution >= 4 is 23.2 Å². The molecule has 0 N–H and O–H groups in total. The van der Waals surface area contributed by atoms with Crippen LogP contribution in [0.15, 0.2) is 53.5 Å². The smallest absolute Gasteiger partial charge is 0.201 e. The van der Waals surface area contributed by atoms with E-state index in [1.165, 1.54) is 16.8 Å². The van der Waals surface area contributed by atoms with Gasteiger partial charge >= 0.3 is 0 Å². The molecule has 1 atom stereocenters. The van der Waals surface area contributed by atoms with Crippen LogP contribution in [-0.4, -0.2) is 31.0 Å². The van der Waals surface area contributed by atoms with Crippen molar-refractivity contribution in [2.75, 3.05) is 25.0 Å². The van der Waals surface area contributed by atoms with Crippen LogP contribution in [0.5, 0.6) is 0 Å². The Bertz CT molecular complexity index is 711. The van der Waals surface area contributed by atoms with Crippen molar-refractivity contribution < 1.29 is 0 Å². The lowest BCUT2D eigenvalue weighted by Crippen LogP contribution is -2.46. The lowest BCUT2D eigenvalue weighted by Gasteiger charge is -2.41. The molecule has 3 nitrogen and oxygen atoms in total. The van der Waals surface area contributed by atoms with E-state index >= 15 is 0 Å². The highest BCUT2D eigenvalue weighted by atomic mass is 35.5. The predicted molar refractivity (Wildman–Crippen MR) is 87.1 cm³/mol. The summed E-state index contributed by atoms with van der Waals surface area (Å²) in [4.78, 5) is 9.21. The molecule has 0 aromatic heterocycles. The van der Waals surface area contributed by atoms with E-state index in [0.29, 0.717) is 0 Å². The summed E-state index contributed by atoms with van der Waals surface area (Å²) in [6.07, 6.45) is 0. The van der Waals surface area contributed by atoms with Crippen LogP contribution in [-0.2, 0) is 0 Å². The number of halogens is 1. The molecule has 2 aliphatic heterocycles. The molecule has 4 heteroatoms. The fourth-order valence-electron chi connectivity index (χ4n) is 3.31. The van der Waals surface area contributed by atoms with Crippen molar-refractivity contribution in [3.8, 4) is 0 Å². The standard InChI is InChI=1S/C17H16ClN3/c1-20-15-8-7-13(18)11-14(15)16(12-5-3-2-4-6-12)21-10-9-19-17(20)21/h2-8,11,16H,9-10H2,1H3. The Labute approximate surface area is 129 Å². The predicted octanol–water partition coefficient (Wildman–Crippen LogP) is 3.55. The molecular formula is C17H16ClN3. The van der Waals surface area contributed by atoms with Gasteiger partial charge < -0.3 is 9.80 Å². The summed E-state index contributed by atoms with van der Waals surface area (Å²) < 4.78 is 0. The zero-order valence-corrected chi connectivity index (χ0v) is 12.6. The minimum absolute atomic E-state index is 0.192. The summed E-state index contributed by atoms with van der Waals surface area (Å²) in [5, 5.41) is 0.780. The molecule has 2 aliphatic rings. The van der Waals surface area contributed by atoms with Gasteiger partial charge in [-0.1, -0.05) is 41.9 Å². The molecule has 4 rings (SSSR count). The van der Waals surface area contributed by atoms with Gasteiger partial charge in [0.25, 0.3) is 0 Å². The highest BCUT2D eigenvalue weighted by Crippen LogP contribution is 2.42. The Balaban J connectivity index is 1.94. The van der Waals surface area contributed by atoms with Crippen LogP contribution >= 0.6 is 11.6 Å². The van der Waals surface area contributed by atoms with Gasteiger partial charge in [0.1, 0.15) is 0 Å². The molecular weight excluding hydrogens is 282 g/mol. The number of aliphatic imine (C=N–C) groups is 1. The largest absolute Gasteiger partial charge is 0.329 e. The molecule has 2 aromatic rings. The molecule has 21 heavy (non-hydrogen) atoms. The normalized spacial score (nSPS) is 20.1. The molecule has 1 unspecified atom stereocenters. The summed E-state index contributed by atoms with van der Waals surface area (Å²) in [5.74, 6) is 1.05. The Hall–Kier alpha value is -2.00. The molecule has 0 bridgehead atoms. The average Bonchev–Trinajstić information content (AvgIpc) is 2.98. The van der Waals surface area contributed by atoms with Crippen molar-refractivity contribution in [3.05, 3.63) is 64.7 Å². The zero-order valence-electron chi connectivity index (χ0n) is 11.8. The monoisotopic (exact) mass is 297 g/mol. The van der Waals surface area contributed by atoms with Crippen molar-refractivity contribution in [1.82, 2.24) is 4.90 Å². The first kappa shape index (κ1) is 12.7. The molecule has 0 radical (unpaired) electrons. The van der Waals surface area contributed by atoms with Gasteiger partial charge in [0, 0.05) is 29.9 Å². The zero-order chi connectivity index (χ0) is 14.4. The Morgan fingerprint density at radius 3 is 2.76 bits per heavy atom. The van der Waals surface area contributed by atoms with E-state index in [0.717, 1.165) is 24.1 Å². The first-order valence-electron chi connectivity index (χ1n) is 7.15. The van der Waals surface area contributed by atoms with E-state index in [2.05, 4.69) is 64.3 Å². The lowest BCUT2D eigenvalue weighted by molar-refractivity contribution is 0.376. The van der Waals surface area contributed by atoms with Gasteiger partial charge in [0.05, 0.1) is 12.6 Å². The van der Waals surface area contributed by atoms with Crippen LogP contribution in [0.3, 0.4) is 0 Å². The second kappa shape index (κ2) is 4.78. The molecule has 0 saturated heterocycles. The third-order valence-corrected chi connectivity index (χ3v) is 4.46. The topological polar surface area (TPSA) is 18.8 Å². The number of benzene rings is 2. The molecule has 0 spiro atoms. The second-order valence-electron chi connectivity index (χ2n) is 5.45. The summed E-state index contributed by atoms with van der Waals surface area (Å²) in [5.41, 5.74) is 3.71. The van der Waals surface area contributed by atoms with E-state index in [1.807, 2.05) is 6.07 Å². The third kappa shape index (κ3) is 1.92. The Kier molecular flexibility index (Phi) is 2.89. The SMILES string of the molecule is CN1C2=NCCN2C(c2ccccc2)c2cc(Cl)ccc21. The van der Waals surface area contributed by atoms with E-state index in [-0.39, 0.29) is 6.04 Å². The Morgan fingerprint density at radius 1 is 1.14 bits per heavy atom. The van der Waals surface area contributed by atoms with Gasteiger partial charge in [0.15, 0.2) is 0 Å². The van der Waals surface area contributed by atoms with Gasteiger partial charge in [-0.05, 0) is 23.8 Å². The van der Waals surface area contributed by atoms with Gasteiger partial charge in [0.2, 0.25) is 5.96 Å². The maximum Gasteiger partial charge on any atom is 0.201 e.